The number of aryl methyl sites for hydroxylation is 1. The second kappa shape index (κ2) is 6.04. The first-order chi connectivity index (χ1) is 10.0. The summed E-state index contributed by atoms with van der Waals surface area (Å²) in [5, 5.41) is 10.7. The van der Waals surface area contributed by atoms with Gasteiger partial charge >= 0.3 is 5.97 Å². The van der Waals surface area contributed by atoms with Crippen LogP contribution in [0, 0.1) is 17.0 Å². The van der Waals surface area contributed by atoms with Gasteiger partial charge in [0.05, 0.1) is 12.0 Å². The highest BCUT2D eigenvalue weighted by Crippen LogP contribution is 2.28. The lowest BCUT2D eigenvalue weighted by Crippen LogP contribution is -1.92. The zero-order chi connectivity index (χ0) is 15.4. The first-order valence-corrected chi connectivity index (χ1v) is 6.12. The van der Waals surface area contributed by atoms with Gasteiger partial charge < -0.3 is 9.15 Å². The Morgan fingerprint density at radius 3 is 2.71 bits per heavy atom. The molecule has 0 aliphatic heterocycles. The Morgan fingerprint density at radius 2 is 2.10 bits per heavy atom. The molecule has 0 bridgehead atoms. The predicted octanol–water partition coefficient (Wildman–Crippen LogP) is 3.35. The molecule has 0 aliphatic rings. The molecule has 0 spiro atoms. The van der Waals surface area contributed by atoms with Crippen LogP contribution in [-0.4, -0.2) is 18.0 Å². The molecule has 0 saturated heterocycles. The third-order valence-electron chi connectivity index (χ3n) is 2.90. The number of furan rings is 1. The van der Waals surface area contributed by atoms with Crippen LogP contribution in [0.1, 0.15) is 11.3 Å². The molecule has 0 aliphatic carbocycles. The maximum atomic E-state index is 11.0. The van der Waals surface area contributed by atoms with Crippen molar-refractivity contribution in [1.29, 1.82) is 0 Å². The van der Waals surface area contributed by atoms with Crippen LogP contribution in [0.25, 0.3) is 17.4 Å². The summed E-state index contributed by atoms with van der Waals surface area (Å²) in [5.41, 5.74) is 1.54. The summed E-state index contributed by atoms with van der Waals surface area (Å²) in [5.74, 6) is 0.597. The van der Waals surface area contributed by atoms with Crippen molar-refractivity contribution in [2.45, 2.75) is 6.92 Å². The minimum Gasteiger partial charge on any atom is -0.466 e. The predicted molar refractivity (Wildman–Crippen MR) is 76.6 cm³/mol. The Balaban J connectivity index is 2.27. The topological polar surface area (TPSA) is 82.6 Å². The van der Waals surface area contributed by atoms with Gasteiger partial charge in [0.1, 0.15) is 11.5 Å². The van der Waals surface area contributed by atoms with Gasteiger partial charge in [-0.1, -0.05) is 0 Å². The van der Waals surface area contributed by atoms with Gasteiger partial charge in [-0.15, -0.1) is 0 Å². The summed E-state index contributed by atoms with van der Waals surface area (Å²) in [4.78, 5) is 21.3. The maximum Gasteiger partial charge on any atom is 0.330 e. The molecule has 6 heteroatoms. The zero-order valence-electron chi connectivity index (χ0n) is 11.5. The van der Waals surface area contributed by atoms with Crippen LogP contribution >= 0.6 is 0 Å². The van der Waals surface area contributed by atoms with Gasteiger partial charge in [-0.2, -0.15) is 0 Å². The molecule has 0 radical (unpaired) electrons. The van der Waals surface area contributed by atoms with Crippen molar-refractivity contribution in [2.24, 2.45) is 0 Å². The summed E-state index contributed by atoms with van der Waals surface area (Å²) in [6.07, 6.45) is 2.75. The lowest BCUT2D eigenvalue weighted by Gasteiger charge is -2.02. The number of methoxy groups -OCH3 is 1. The Labute approximate surface area is 120 Å². The standard InChI is InChI=1S/C15H13NO5/c1-10-9-11(16(18)19)3-6-13(10)14-7-4-12(21-14)5-8-15(17)20-2/h3-9H,1-2H3/b8-5+. The average Bonchev–Trinajstić information content (AvgIpc) is 2.93. The van der Waals surface area contributed by atoms with E-state index in [1.807, 2.05) is 0 Å². The molecule has 1 aromatic heterocycles. The Kier molecular flexibility index (Phi) is 4.18. The molecule has 0 fully saturated rings. The van der Waals surface area contributed by atoms with E-state index in [0.717, 1.165) is 11.1 Å². The first-order valence-electron chi connectivity index (χ1n) is 6.12. The largest absolute Gasteiger partial charge is 0.466 e. The van der Waals surface area contributed by atoms with Crippen molar-refractivity contribution in [3.8, 4) is 11.3 Å². The number of nitrogens with zero attached hydrogens (tertiary/aromatic N) is 1. The monoisotopic (exact) mass is 287 g/mol. The van der Waals surface area contributed by atoms with Gasteiger partial charge in [0.25, 0.3) is 5.69 Å². The molecule has 0 amide bonds. The highest BCUT2D eigenvalue weighted by atomic mass is 16.6. The third-order valence-corrected chi connectivity index (χ3v) is 2.90. The van der Waals surface area contributed by atoms with E-state index in [1.165, 1.54) is 31.4 Å². The number of nitro benzene ring substituents is 1. The number of hydrogen-bond acceptors (Lipinski definition) is 5. The van der Waals surface area contributed by atoms with E-state index in [1.54, 1.807) is 25.1 Å². The number of hydrogen-bond donors (Lipinski definition) is 0. The van der Waals surface area contributed by atoms with Crippen LogP contribution in [0.3, 0.4) is 0 Å². The van der Waals surface area contributed by atoms with Crippen molar-refractivity contribution in [2.75, 3.05) is 7.11 Å². The van der Waals surface area contributed by atoms with E-state index in [0.29, 0.717) is 11.5 Å². The molecule has 0 atom stereocenters. The molecule has 21 heavy (non-hydrogen) atoms. The Hall–Kier alpha value is -2.89. The fourth-order valence-electron chi connectivity index (χ4n) is 1.84. The fraction of sp³-hybridized carbons (Fsp3) is 0.133. The minimum atomic E-state index is -0.473. The van der Waals surface area contributed by atoms with Crippen LogP contribution in [0.15, 0.2) is 40.8 Å². The molecule has 6 nitrogen and oxygen atoms in total. The summed E-state index contributed by atoms with van der Waals surface area (Å²) in [6.45, 7) is 1.77. The lowest BCUT2D eigenvalue weighted by atomic mass is 10.1. The second-order valence-corrected chi connectivity index (χ2v) is 4.31. The molecular weight excluding hydrogens is 274 g/mol. The fourth-order valence-corrected chi connectivity index (χ4v) is 1.84. The number of nitro groups is 1. The number of esters is 1. The number of carbonyl (C=O) groups excluding carboxylic acids is 1. The van der Waals surface area contributed by atoms with Gasteiger partial charge in [0, 0.05) is 23.8 Å². The van der Waals surface area contributed by atoms with Crippen LogP contribution in [-0.2, 0) is 9.53 Å². The van der Waals surface area contributed by atoms with Gasteiger partial charge in [0.15, 0.2) is 0 Å². The minimum absolute atomic E-state index is 0.0358. The number of carbonyl (C=O) groups is 1. The van der Waals surface area contributed by atoms with E-state index in [9.17, 15) is 14.9 Å². The number of benzene rings is 1. The van der Waals surface area contributed by atoms with Crippen LogP contribution < -0.4 is 0 Å². The van der Waals surface area contributed by atoms with Gasteiger partial charge in [-0.25, -0.2) is 4.79 Å². The second-order valence-electron chi connectivity index (χ2n) is 4.31. The molecular formula is C15H13NO5. The molecule has 1 heterocycles. The number of non-ortho nitro benzene ring substituents is 1. The average molecular weight is 287 g/mol. The van der Waals surface area contributed by atoms with Crippen molar-refractivity contribution >= 4 is 17.7 Å². The van der Waals surface area contributed by atoms with Crippen LogP contribution in [0.5, 0.6) is 0 Å². The Bertz CT molecular complexity index is 715. The molecule has 108 valence electrons. The summed E-state index contributed by atoms with van der Waals surface area (Å²) >= 11 is 0. The molecule has 0 saturated carbocycles. The molecule has 2 aromatic rings. The van der Waals surface area contributed by atoms with Gasteiger partial charge in [0.2, 0.25) is 0 Å². The third kappa shape index (κ3) is 3.36. The molecule has 1 aromatic carbocycles. The summed E-state index contributed by atoms with van der Waals surface area (Å²) in [6, 6.07) is 8.00. The normalized spacial score (nSPS) is 10.8. The van der Waals surface area contributed by atoms with Crippen LogP contribution in [0.2, 0.25) is 0 Å². The lowest BCUT2D eigenvalue weighted by molar-refractivity contribution is -0.384. The molecule has 0 unspecified atom stereocenters. The maximum absolute atomic E-state index is 11.0. The highest BCUT2D eigenvalue weighted by Gasteiger charge is 2.11. The quantitative estimate of drug-likeness (QED) is 0.372. The van der Waals surface area contributed by atoms with Crippen molar-refractivity contribution in [1.82, 2.24) is 0 Å². The molecule has 0 N–H and O–H groups in total. The smallest absolute Gasteiger partial charge is 0.330 e. The Morgan fingerprint density at radius 1 is 1.33 bits per heavy atom. The SMILES string of the molecule is COC(=O)/C=C/c1ccc(-c2ccc([N+](=O)[O-])cc2C)o1. The van der Waals surface area contributed by atoms with Gasteiger partial charge in [-0.3, -0.25) is 10.1 Å². The number of rotatable bonds is 4. The van der Waals surface area contributed by atoms with E-state index in [4.69, 9.17) is 4.42 Å². The van der Waals surface area contributed by atoms with Crippen molar-refractivity contribution < 1.29 is 18.9 Å². The van der Waals surface area contributed by atoms with E-state index >= 15 is 0 Å². The molecule has 2 rings (SSSR count). The van der Waals surface area contributed by atoms with E-state index in [-0.39, 0.29) is 5.69 Å². The first kappa shape index (κ1) is 14.5. The summed E-state index contributed by atoms with van der Waals surface area (Å²) < 4.78 is 10.1. The van der Waals surface area contributed by atoms with Crippen molar-refractivity contribution in [3.05, 3.63) is 57.8 Å². The van der Waals surface area contributed by atoms with E-state index < -0.39 is 10.9 Å². The van der Waals surface area contributed by atoms with E-state index in [2.05, 4.69) is 4.74 Å². The highest BCUT2D eigenvalue weighted by molar-refractivity contribution is 5.86. The zero-order valence-corrected chi connectivity index (χ0v) is 11.5. The summed E-state index contributed by atoms with van der Waals surface area (Å²) in [7, 11) is 1.29. The van der Waals surface area contributed by atoms with Crippen molar-refractivity contribution in [3.63, 3.8) is 0 Å². The van der Waals surface area contributed by atoms with Crippen LogP contribution in [0.4, 0.5) is 5.69 Å². The number of ether oxygens (including phenoxy) is 1. The van der Waals surface area contributed by atoms with Gasteiger partial charge in [-0.05, 0) is 36.8 Å².